The van der Waals surface area contributed by atoms with Gasteiger partial charge in [-0.2, -0.15) is 0 Å². The van der Waals surface area contributed by atoms with Crippen LogP contribution in [-0.2, 0) is 27.2 Å². The molecule has 0 aromatic heterocycles. The van der Waals surface area contributed by atoms with E-state index in [1.807, 2.05) is 0 Å². The Kier molecular flexibility index (Phi) is 8.32. The monoisotopic (exact) mass is 392 g/mol. The van der Waals surface area contributed by atoms with Gasteiger partial charge in [0, 0.05) is 0 Å². The van der Waals surface area contributed by atoms with Crippen LogP contribution >= 0.6 is 0 Å². The quantitative estimate of drug-likeness (QED) is 0.621. The molecule has 1 nitrogen and oxygen atoms in total. The summed E-state index contributed by atoms with van der Waals surface area (Å²) in [7, 11) is 0. The third-order valence-electron chi connectivity index (χ3n) is 4.40. The first kappa shape index (κ1) is 21.1. The minimum Gasteiger partial charge on any atom is -1.00 e. The van der Waals surface area contributed by atoms with Gasteiger partial charge in [-0.05, 0) is 0 Å². The summed E-state index contributed by atoms with van der Waals surface area (Å²) in [5.41, 5.74) is 8.39. The second-order valence-corrected chi connectivity index (χ2v) is 6.62. The molecule has 2 aromatic carbocycles. The summed E-state index contributed by atoms with van der Waals surface area (Å²) in [5, 5.41) is 0. The van der Waals surface area contributed by atoms with Gasteiger partial charge in [0.1, 0.15) is 0 Å². The van der Waals surface area contributed by atoms with E-state index in [1.54, 1.807) is 0 Å². The fourth-order valence-corrected chi connectivity index (χ4v) is 3.43. The van der Waals surface area contributed by atoms with E-state index < -0.39 is 0 Å². The van der Waals surface area contributed by atoms with Crippen molar-refractivity contribution in [3.05, 3.63) is 82.9 Å². The van der Waals surface area contributed by atoms with Gasteiger partial charge < -0.3 is 24.8 Å². The average Bonchev–Trinajstić information content (AvgIpc) is 2.88. The zero-order chi connectivity index (χ0) is 15.5. The minimum absolute atomic E-state index is 0. The number of nitrogens with zero attached hydrogens (tertiary/aromatic N) is 1. The molecule has 1 aliphatic rings. The number of allylic oxidation sites excluding steroid dienone is 4. The number of benzene rings is 2. The predicted molar refractivity (Wildman–Crippen MR) is 90.0 cm³/mol. The molecule has 24 heavy (non-hydrogen) atoms. The molecule has 0 spiro atoms. The van der Waals surface area contributed by atoms with Crippen LogP contribution in [0.3, 0.4) is 0 Å². The largest absolute Gasteiger partial charge is 1.00 e. The molecule has 2 aromatic rings. The summed E-state index contributed by atoms with van der Waals surface area (Å²) in [6, 6.07) is 19.4. The third kappa shape index (κ3) is 4.55. The number of anilines is 1. The molecular weight excluding hydrogens is 373 g/mol. The molecule has 4 heteroatoms. The fourth-order valence-electron chi connectivity index (χ4n) is 2.93. The van der Waals surface area contributed by atoms with Crippen LogP contribution in [0, 0.1) is 0 Å². The van der Waals surface area contributed by atoms with E-state index in [1.165, 1.54) is 33.5 Å². The van der Waals surface area contributed by atoms with E-state index in [-0.39, 0.29) is 24.8 Å². The molecule has 0 radical (unpaired) electrons. The Balaban J connectivity index is 0.00000144. The minimum atomic E-state index is 0. The van der Waals surface area contributed by atoms with Gasteiger partial charge in [-0.25, -0.2) is 0 Å². The van der Waals surface area contributed by atoms with E-state index >= 15 is 0 Å². The smallest absolute Gasteiger partial charge is 1.00 e. The molecule has 123 valence electrons. The Labute approximate surface area is 169 Å². The maximum absolute atomic E-state index is 2.34. The SMILES string of the molecule is CC1=CCC(c2ccccc2C[N]([Ti+2])c2ccccc2)=C1C.[Cl-].[Cl-]. The van der Waals surface area contributed by atoms with Crippen molar-refractivity contribution in [2.24, 2.45) is 0 Å². The van der Waals surface area contributed by atoms with Gasteiger partial charge in [-0.15, -0.1) is 0 Å². The fraction of sp³-hybridized carbons (Fsp3) is 0.200. The maximum Gasteiger partial charge on any atom is -1.00 e. The Morgan fingerprint density at radius 2 is 1.54 bits per heavy atom. The van der Waals surface area contributed by atoms with Crippen LogP contribution < -0.4 is 28.2 Å². The van der Waals surface area contributed by atoms with Crippen molar-refractivity contribution in [1.82, 2.24) is 0 Å². The molecule has 0 N–H and O–H groups in total. The molecule has 3 rings (SSSR count). The van der Waals surface area contributed by atoms with Crippen molar-refractivity contribution in [2.75, 3.05) is 3.38 Å². The van der Waals surface area contributed by atoms with Gasteiger partial charge in [0.25, 0.3) is 0 Å². The Morgan fingerprint density at radius 1 is 0.917 bits per heavy atom. The zero-order valence-corrected chi connectivity index (χ0v) is 17.0. The molecule has 0 bridgehead atoms. The van der Waals surface area contributed by atoms with Gasteiger partial charge in [-0.1, -0.05) is 0 Å². The molecule has 0 unspecified atom stereocenters. The second-order valence-electron chi connectivity index (χ2n) is 5.77. The first-order valence-electron chi connectivity index (χ1n) is 7.66. The summed E-state index contributed by atoms with van der Waals surface area (Å²) < 4.78 is 2.31. The first-order chi connectivity index (χ1) is 10.7. The molecule has 0 atom stereocenters. The summed E-state index contributed by atoms with van der Waals surface area (Å²) >= 11 is 2.16. The summed E-state index contributed by atoms with van der Waals surface area (Å²) in [5.74, 6) is 0. The van der Waals surface area contributed by atoms with Crippen LogP contribution in [-0.4, -0.2) is 0 Å². The van der Waals surface area contributed by atoms with Crippen molar-refractivity contribution in [1.29, 1.82) is 0 Å². The normalized spacial score (nSPS) is 13.1. The van der Waals surface area contributed by atoms with Crippen LogP contribution in [0.4, 0.5) is 5.69 Å². The summed E-state index contributed by atoms with van der Waals surface area (Å²) in [4.78, 5) is 0. The Bertz CT molecular complexity index is 738. The van der Waals surface area contributed by atoms with Gasteiger partial charge in [-0.3, -0.25) is 0 Å². The molecule has 0 heterocycles. The van der Waals surface area contributed by atoms with Crippen molar-refractivity contribution in [2.45, 2.75) is 26.8 Å². The van der Waals surface area contributed by atoms with Gasteiger partial charge in [0.05, 0.1) is 0 Å². The Hall–Kier alpha value is -0.986. The van der Waals surface area contributed by atoms with Crippen molar-refractivity contribution in [3.8, 4) is 0 Å². The summed E-state index contributed by atoms with van der Waals surface area (Å²) in [6.45, 7) is 5.38. The maximum atomic E-state index is 2.34. The number of hydrogen-bond donors (Lipinski definition) is 0. The topological polar surface area (TPSA) is 3.24 Å². The molecular formula is C20H20Cl2NTi. The van der Waals surface area contributed by atoms with Gasteiger partial charge >= 0.3 is 145 Å². The third-order valence-corrected chi connectivity index (χ3v) is 5.05. The Morgan fingerprint density at radius 3 is 2.17 bits per heavy atom. The molecule has 0 aliphatic heterocycles. The average molecular weight is 393 g/mol. The van der Waals surface area contributed by atoms with Crippen LogP contribution in [0.5, 0.6) is 0 Å². The molecule has 0 amide bonds. The van der Waals surface area contributed by atoms with E-state index in [4.69, 9.17) is 0 Å². The van der Waals surface area contributed by atoms with E-state index in [0.29, 0.717) is 0 Å². The molecule has 0 fully saturated rings. The number of halogens is 2. The predicted octanol–water partition coefficient (Wildman–Crippen LogP) is -0.713. The van der Waals surface area contributed by atoms with E-state index in [9.17, 15) is 0 Å². The molecule has 1 aliphatic carbocycles. The standard InChI is InChI=1S/C20H20N.2ClH.Ti/c1-15-12-13-19(16(15)2)20-11-7-6-8-17(20)14-21-18-9-4-3-5-10-18;;;/h3-12H,13-14H2,1-2H3;2*1H;/q-1;;;+3/p-2. The van der Waals surface area contributed by atoms with Crippen LogP contribution in [0.2, 0.25) is 0 Å². The first-order valence-corrected chi connectivity index (χ1v) is 8.35. The number of hydrogen-bond acceptors (Lipinski definition) is 1. The molecule has 0 saturated heterocycles. The van der Waals surface area contributed by atoms with Crippen molar-refractivity contribution in [3.63, 3.8) is 0 Å². The van der Waals surface area contributed by atoms with Crippen LogP contribution in [0.1, 0.15) is 31.4 Å². The van der Waals surface area contributed by atoms with E-state index in [2.05, 4.69) is 98.6 Å². The van der Waals surface area contributed by atoms with E-state index in [0.717, 1.165) is 13.0 Å². The molecule has 0 saturated carbocycles. The second kappa shape index (κ2) is 9.49. The van der Waals surface area contributed by atoms with Crippen molar-refractivity contribution < 1.29 is 45.5 Å². The van der Waals surface area contributed by atoms with Crippen LogP contribution in [0.25, 0.3) is 5.57 Å². The van der Waals surface area contributed by atoms with Gasteiger partial charge in [0.2, 0.25) is 0 Å². The van der Waals surface area contributed by atoms with Crippen LogP contribution in [0.15, 0.2) is 71.8 Å². The van der Waals surface area contributed by atoms with Crippen molar-refractivity contribution >= 4 is 11.3 Å². The zero-order valence-electron chi connectivity index (χ0n) is 13.9. The number of rotatable bonds is 4. The number of para-hydroxylation sites is 1. The summed E-state index contributed by atoms with van der Waals surface area (Å²) in [6.07, 6.45) is 3.39. The van der Waals surface area contributed by atoms with Gasteiger partial charge in [0.15, 0.2) is 0 Å².